The van der Waals surface area contributed by atoms with E-state index < -0.39 is 38.5 Å². The molecule has 1 heterocycles. The fourth-order valence-electron chi connectivity index (χ4n) is 1.07. The van der Waals surface area contributed by atoms with Crippen LogP contribution in [0.1, 0.15) is 0 Å². The predicted octanol–water partition coefficient (Wildman–Crippen LogP) is -0.0705. The second kappa shape index (κ2) is 4.49. The molecule has 1 rings (SSSR count). The normalized spacial score (nSPS) is 12.3. The standard InChI is InChI=1S/C7H7F3N2O5S/c1-16-5-3(13)2-4(17-7(8,9)10)12-6(5)18(11,14)15/h2H,1H3,(H,12,13)(H2,11,14,15). The molecular formula is C7H7F3N2O5S. The average Bonchev–Trinajstić information content (AvgIpc) is 2.12. The van der Waals surface area contributed by atoms with E-state index in [1.807, 2.05) is 0 Å². The molecule has 0 unspecified atom stereocenters. The van der Waals surface area contributed by atoms with E-state index in [0.29, 0.717) is 6.07 Å². The van der Waals surface area contributed by atoms with Crippen molar-refractivity contribution in [3.05, 3.63) is 16.3 Å². The van der Waals surface area contributed by atoms with Crippen LogP contribution in [0.15, 0.2) is 15.9 Å². The molecule has 102 valence electrons. The van der Waals surface area contributed by atoms with E-state index in [1.54, 1.807) is 4.98 Å². The zero-order valence-corrected chi connectivity index (χ0v) is 9.55. The second-order valence-corrected chi connectivity index (χ2v) is 4.45. The first-order chi connectivity index (χ1) is 8.04. The van der Waals surface area contributed by atoms with Crippen molar-refractivity contribution in [2.24, 2.45) is 5.14 Å². The first-order valence-electron chi connectivity index (χ1n) is 4.14. The number of rotatable bonds is 3. The van der Waals surface area contributed by atoms with E-state index >= 15 is 0 Å². The number of halogens is 3. The van der Waals surface area contributed by atoms with Gasteiger partial charge in [-0.25, -0.2) is 13.6 Å². The molecule has 3 N–H and O–H groups in total. The van der Waals surface area contributed by atoms with E-state index in [4.69, 9.17) is 5.14 Å². The van der Waals surface area contributed by atoms with Gasteiger partial charge in [-0.15, -0.1) is 13.2 Å². The number of hydrogen-bond donors (Lipinski definition) is 2. The first kappa shape index (κ1) is 14.3. The zero-order valence-electron chi connectivity index (χ0n) is 8.74. The maximum atomic E-state index is 11.9. The lowest BCUT2D eigenvalue weighted by molar-refractivity contribution is -0.276. The Balaban J connectivity index is 3.46. The van der Waals surface area contributed by atoms with Crippen molar-refractivity contribution in [2.45, 2.75) is 11.4 Å². The second-order valence-electron chi connectivity index (χ2n) is 2.95. The summed E-state index contributed by atoms with van der Waals surface area (Å²) in [5.41, 5.74) is -1.13. The highest BCUT2D eigenvalue weighted by Gasteiger charge is 2.33. The number of aromatic nitrogens is 1. The molecule has 0 saturated carbocycles. The lowest BCUT2D eigenvalue weighted by Gasteiger charge is -2.11. The third-order valence-electron chi connectivity index (χ3n) is 1.64. The van der Waals surface area contributed by atoms with Crippen molar-refractivity contribution in [3.63, 3.8) is 0 Å². The maximum absolute atomic E-state index is 11.9. The van der Waals surface area contributed by atoms with E-state index in [0.717, 1.165) is 7.11 Å². The highest BCUT2D eigenvalue weighted by Crippen LogP contribution is 2.23. The minimum Gasteiger partial charge on any atom is -0.490 e. The number of nitrogens with two attached hydrogens (primary N) is 1. The van der Waals surface area contributed by atoms with Crippen molar-refractivity contribution in [1.29, 1.82) is 0 Å². The van der Waals surface area contributed by atoms with Gasteiger partial charge in [-0.1, -0.05) is 0 Å². The summed E-state index contributed by atoms with van der Waals surface area (Å²) in [5, 5.41) is 3.72. The van der Waals surface area contributed by atoms with Crippen LogP contribution in [0, 0.1) is 0 Å². The van der Waals surface area contributed by atoms with Crippen LogP contribution in [0.25, 0.3) is 0 Å². The Morgan fingerprint density at radius 1 is 1.39 bits per heavy atom. The van der Waals surface area contributed by atoms with Gasteiger partial charge < -0.3 is 14.5 Å². The van der Waals surface area contributed by atoms with Gasteiger partial charge in [-0.2, -0.15) is 0 Å². The molecule has 7 nitrogen and oxygen atoms in total. The van der Waals surface area contributed by atoms with Crippen LogP contribution in [0.5, 0.6) is 11.6 Å². The summed E-state index contributed by atoms with van der Waals surface area (Å²) in [6, 6.07) is 0.390. The molecule has 0 amide bonds. The number of ether oxygens (including phenoxy) is 2. The Kier molecular flexibility index (Phi) is 3.57. The Labute approximate surface area is 98.4 Å². The molecule has 1 aromatic heterocycles. The van der Waals surface area contributed by atoms with E-state index in [-0.39, 0.29) is 0 Å². The van der Waals surface area contributed by atoms with Gasteiger partial charge in [0.15, 0.2) is 5.03 Å². The van der Waals surface area contributed by atoms with Crippen LogP contribution in [0.2, 0.25) is 0 Å². The summed E-state index contributed by atoms with van der Waals surface area (Å²) >= 11 is 0. The number of primary sulfonamides is 1. The largest absolute Gasteiger partial charge is 0.574 e. The Morgan fingerprint density at radius 2 is 1.94 bits per heavy atom. The monoisotopic (exact) mass is 288 g/mol. The van der Waals surface area contributed by atoms with Crippen LogP contribution in [0.3, 0.4) is 0 Å². The smallest absolute Gasteiger partial charge is 0.490 e. The van der Waals surface area contributed by atoms with Crippen molar-refractivity contribution in [1.82, 2.24) is 4.98 Å². The average molecular weight is 288 g/mol. The number of alkyl halides is 3. The predicted molar refractivity (Wildman–Crippen MR) is 51.7 cm³/mol. The molecule has 0 saturated heterocycles. The Morgan fingerprint density at radius 3 is 2.33 bits per heavy atom. The van der Waals surface area contributed by atoms with Gasteiger partial charge >= 0.3 is 6.36 Å². The molecule has 0 aromatic carbocycles. The summed E-state index contributed by atoms with van der Waals surface area (Å²) in [7, 11) is -3.51. The van der Waals surface area contributed by atoms with Gasteiger partial charge in [0, 0.05) is 0 Å². The molecule has 0 bridgehead atoms. The molecule has 0 aliphatic carbocycles. The summed E-state index contributed by atoms with van der Waals surface area (Å²) in [6.45, 7) is 0. The summed E-state index contributed by atoms with van der Waals surface area (Å²) < 4.78 is 65.8. The van der Waals surface area contributed by atoms with Gasteiger partial charge in [-0.05, 0) is 0 Å². The van der Waals surface area contributed by atoms with E-state index in [2.05, 4.69) is 9.47 Å². The van der Waals surface area contributed by atoms with Crippen molar-refractivity contribution >= 4 is 10.0 Å². The third kappa shape index (κ3) is 3.37. The zero-order chi connectivity index (χ0) is 14.1. The summed E-state index contributed by atoms with van der Waals surface area (Å²) in [4.78, 5) is 13.0. The first-order valence-corrected chi connectivity index (χ1v) is 5.69. The van der Waals surface area contributed by atoms with Gasteiger partial charge in [0.2, 0.25) is 17.1 Å². The summed E-state index contributed by atoms with van der Waals surface area (Å²) in [5.74, 6) is -1.84. The number of hydrogen-bond acceptors (Lipinski definition) is 5. The molecule has 0 aliphatic rings. The van der Waals surface area contributed by atoms with Crippen LogP contribution in [-0.4, -0.2) is 26.9 Å². The quantitative estimate of drug-likeness (QED) is 0.808. The Hall–Kier alpha value is -1.75. The molecule has 1 aromatic rings. The molecule has 0 aliphatic heterocycles. The lowest BCUT2D eigenvalue weighted by atomic mass is 10.4. The number of methoxy groups -OCH3 is 1. The van der Waals surface area contributed by atoms with Crippen molar-refractivity contribution < 1.29 is 31.1 Å². The number of aromatic amines is 1. The van der Waals surface area contributed by atoms with Crippen LogP contribution in [-0.2, 0) is 10.0 Å². The summed E-state index contributed by atoms with van der Waals surface area (Å²) in [6.07, 6.45) is -5.09. The molecule has 0 atom stereocenters. The number of sulfonamides is 1. The minimum absolute atomic E-state index is 0.390. The number of pyridine rings is 1. The van der Waals surface area contributed by atoms with Crippen LogP contribution < -0.4 is 20.0 Å². The fraction of sp³-hybridized carbons (Fsp3) is 0.286. The maximum Gasteiger partial charge on any atom is 0.574 e. The third-order valence-corrected chi connectivity index (χ3v) is 2.50. The van der Waals surface area contributed by atoms with Gasteiger partial charge in [0.1, 0.15) is 0 Å². The van der Waals surface area contributed by atoms with Gasteiger partial charge in [-0.3, -0.25) is 4.79 Å². The fourth-order valence-corrected chi connectivity index (χ4v) is 1.76. The molecule has 18 heavy (non-hydrogen) atoms. The highest BCUT2D eigenvalue weighted by molar-refractivity contribution is 7.89. The van der Waals surface area contributed by atoms with Crippen LogP contribution >= 0.6 is 0 Å². The Bertz CT molecular complexity index is 606. The lowest BCUT2D eigenvalue weighted by Crippen LogP contribution is -2.23. The number of H-pyrrole nitrogens is 1. The highest BCUT2D eigenvalue weighted by atomic mass is 32.2. The number of nitrogens with one attached hydrogen (secondary N) is 1. The topological polar surface area (TPSA) is 111 Å². The molecular weight excluding hydrogens is 281 g/mol. The van der Waals surface area contributed by atoms with Crippen LogP contribution in [0.4, 0.5) is 13.2 Å². The van der Waals surface area contributed by atoms with Gasteiger partial charge in [0.25, 0.3) is 10.0 Å². The van der Waals surface area contributed by atoms with Crippen molar-refractivity contribution in [3.8, 4) is 11.6 Å². The van der Waals surface area contributed by atoms with Crippen molar-refractivity contribution in [2.75, 3.05) is 7.11 Å². The molecule has 0 spiro atoms. The SMILES string of the molecule is COc1c(S(N)(=O)=O)[nH]c(OC(F)(F)F)cc1=O. The van der Waals surface area contributed by atoms with Gasteiger partial charge in [0.05, 0.1) is 13.2 Å². The molecule has 0 fully saturated rings. The minimum atomic E-state index is -5.09. The molecule has 0 radical (unpaired) electrons. The van der Waals surface area contributed by atoms with E-state index in [1.165, 1.54) is 0 Å². The van der Waals surface area contributed by atoms with E-state index in [9.17, 15) is 26.4 Å². The molecule has 11 heteroatoms.